The van der Waals surface area contributed by atoms with Gasteiger partial charge >= 0.3 is 0 Å². The Morgan fingerprint density at radius 2 is 2.36 bits per heavy atom. The van der Waals surface area contributed by atoms with Gasteiger partial charge in [0.1, 0.15) is 0 Å². The number of methoxy groups -OCH3 is 1. The molecule has 0 aromatic rings. The largest absolute Gasteiger partial charge is 0.385 e. The lowest BCUT2D eigenvalue weighted by molar-refractivity contribution is 0.0375. The van der Waals surface area contributed by atoms with E-state index < -0.39 is 5.60 Å². The lowest BCUT2D eigenvalue weighted by Crippen LogP contribution is -2.37. The average molecular weight is 194 g/mol. The molecule has 0 spiro atoms. The lowest BCUT2D eigenvalue weighted by Gasteiger charge is -2.38. The Kier molecular flexibility index (Phi) is 2.50. The Balaban J connectivity index is 2.39. The molecule has 0 aliphatic heterocycles. The summed E-state index contributed by atoms with van der Waals surface area (Å²) in [6, 6.07) is 0. The van der Waals surface area contributed by atoms with E-state index in [0.29, 0.717) is 0 Å². The summed E-state index contributed by atoms with van der Waals surface area (Å²) in [5.41, 5.74) is 1.77. The van der Waals surface area contributed by atoms with Crippen LogP contribution < -0.4 is 0 Å². The quantitative estimate of drug-likeness (QED) is 0.693. The van der Waals surface area contributed by atoms with Gasteiger partial charge in [0.05, 0.1) is 11.7 Å². The van der Waals surface area contributed by atoms with E-state index in [4.69, 9.17) is 4.74 Å². The standard InChI is InChI=1S/C12H18O2/c1-12(13)8-7-11(14-2)9-5-3-4-6-10(9)12/h4,6,11,13H,3,5,7-8H2,1-2H3/t11-,12-/m0/s1. The molecule has 2 atom stereocenters. The van der Waals surface area contributed by atoms with Crippen molar-refractivity contribution in [2.24, 2.45) is 0 Å². The molecule has 0 bridgehead atoms. The number of allylic oxidation sites excluding steroid dienone is 1. The van der Waals surface area contributed by atoms with E-state index in [9.17, 15) is 5.11 Å². The first kappa shape index (κ1) is 9.94. The summed E-state index contributed by atoms with van der Waals surface area (Å²) in [5, 5.41) is 10.2. The minimum absolute atomic E-state index is 0.232. The topological polar surface area (TPSA) is 29.5 Å². The van der Waals surface area contributed by atoms with Crippen LogP contribution in [0.5, 0.6) is 0 Å². The summed E-state index contributed by atoms with van der Waals surface area (Å²) < 4.78 is 5.45. The first-order valence-electron chi connectivity index (χ1n) is 5.30. The molecule has 0 heterocycles. The van der Waals surface area contributed by atoms with Gasteiger partial charge in [0.25, 0.3) is 0 Å². The Morgan fingerprint density at radius 3 is 3.07 bits per heavy atom. The molecular formula is C12H18O2. The number of aliphatic hydroxyl groups is 1. The molecule has 0 saturated carbocycles. The van der Waals surface area contributed by atoms with Gasteiger partial charge in [0.15, 0.2) is 0 Å². The van der Waals surface area contributed by atoms with Crippen molar-refractivity contribution in [1.29, 1.82) is 0 Å². The van der Waals surface area contributed by atoms with Crippen LogP contribution in [0.15, 0.2) is 23.3 Å². The van der Waals surface area contributed by atoms with Crippen molar-refractivity contribution in [2.75, 3.05) is 7.11 Å². The second kappa shape index (κ2) is 3.52. The molecule has 1 N–H and O–H groups in total. The summed E-state index contributed by atoms with van der Waals surface area (Å²) in [4.78, 5) is 0. The maximum absolute atomic E-state index is 10.2. The van der Waals surface area contributed by atoms with Crippen molar-refractivity contribution in [1.82, 2.24) is 0 Å². The zero-order chi connectivity index (χ0) is 10.2. The molecule has 0 saturated heterocycles. The van der Waals surface area contributed by atoms with Crippen molar-refractivity contribution in [3.8, 4) is 0 Å². The zero-order valence-electron chi connectivity index (χ0n) is 8.92. The molecule has 0 aromatic carbocycles. The Morgan fingerprint density at radius 1 is 1.57 bits per heavy atom. The molecule has 2 nitrogen and oxygen atoms in total. The molecule has 2 aliphatic rings. The van der Waals surface area contributed by atoms with Crippen LogP contribution >= 0.6 is 0 Å². The highest BCUT2D eigenvalue weighted by atomic mass is 16.5. The van der Waals surface area contributed by atoms with Gasteiger partial charge in [-0.05, 0) is 43.8 Å². The van der Waals surface area contributed by atoms with Gasteiger partial charge in [0, 0.05) is 7.11 Å². The van der Waals surface area contributed by atoms with Crippen LogP contribution in [0.2, 0.25) is 0 Å². The van der Waals surface area contributed by atoms with Crippen molar-refractivity contribution in [3.05, 3.63) is 23.3 Å². The highest BCUT2D eigenvalue weighted by molar-refractivity contribution is 5.40. The van der Waals surface area contributed by atoms with Crippen molar-refractivity contribution in [3.63, 3.8) is 0 Å². The Hall–Kier alpha value is -0.600. The van der Waals surface area contributed by atoms with Gasteiger partial charge in [-0.2, -0.15) is 0 Å². The van der Waals surface area contributed by atoms with E-state index in [1.54, 1.807) is 7.11 Å². The number of hydrogen-bond acceptors (Lipinski definition) is 2. The summed E-state index contributed by atoms with van der Waals surface area (Å²) in [7, 11) is 1.76. The fourth-order valence-electron chi connectivity index (χ4n) is 2.52. The van der Waals surface area contributed by atoms with E-state index in [0.717, 1.165) is 31.3 Å². The third-order valence-corrected chi connectivity index (χ3v) is 3.36. The van der Waals surface area contributed by atoms with Crippen LogP contribution in [0.25, 0.3) is 0 Å². The summed E-state index contributed by atoms with van der Waals surface area (Å²) >= 11 is 0. The molecule has 0 fully saturated rings. The summed E-state index contributed by atoms with van der Waals surface area (Å²) in [5.74, 6) is 0. The van der Waals surface area contributed by atoms with Gasteiger partial charge < -0.3 is 9.84 Å². The highest BCUT2D eigenvalue weighted by Crippen LogP contribution is 2.39. The third kappa shape index (κ3) is 1.53. The minimum Gasteiger partial charge on any atom is -0.385 e. The molecule has 0 aromatic heterocycles. The predicted octanol–water partition coefficient (Wildman–Crippen LogP) is 2.19. The molecule has 14 heavy (non-hydrogen) atoms. The van der Waals surface area contributed by atoms with Gasteiger partial charge in [0.2, 0.25) is 0 Å². The predicted molar refractivity (Wildman–Crippen MR) is 56.1 cm³/mol. The highest BCUT2D eigenvalue weighted by Gasteiger charge is 2.35. The van der Waals surface area contributed by atoms with Crippen LogP contribution in [0.1, 0.15) is 32.6 Å². The van der Waals surface area contributed by atoms with E-state index in [2.05, 4.69) is 12.2 Å². The number of rotatable bonds is 1. The van der Waals surface area contributed by atoms with Gasteiger partial charge in [-0.15, -0.1) is 0 Å². The fraction of sp³-hybridized carbons (Fsp3) is 0.667. The maximum atomic E-state index is 10.2. The van der Waals surface area contributed by atoms with E-state index in [1.165, 1.54) is 5.57 Å². The lowest BCUT2D eigenvalue weighted by atomic mass is 9.75. The summed E-state index contributed by atoms with van der Waals surface area (Å²) in [6.45, 7) is 1.91. The van der Waals surface area contributed by atoms with Crippen LogP contribution in [0.4, 0.5) is 0 Å². The van der Waals surface area contributed by atoms with E-state index in [1.807, 2.05) is 6.92 Å². The van der Waals surface area contributed by atoms with E-state index in [-0.39, 0.29) is 6.10 Å². The van der Waals surface area contributed by atoms with Crippen molar-refractivity contribution >= 4 is 0 Å². The molecule has 2 rings (SSSR count). The maximum Gasteiger partial charge on any atom is 0.0870 e. The minimum atomic E-state index is -0.638. The summed E-state index contributed by atoms with van der Waals surface area (Å²) in [6.07, 6.45) is 8.31. The SMILES string of the molecule is CO[C@H]1CC[C@](C)(O)C2=C1CCC=C2. The normalized spacial score (nSPS) is 37.2. The Bertz CT molecular complexity index is 287. The molecule has 0 unspecified atom stereocenters. The third-order valence-electron chi connectivity index (χ3n) is 3.36. The van der Waals surface area contributed by atoms with Crippen LogP contribution in [-0.4, -0.2) is 23.9 Å². The number of ether oxygens (including phenoxy) is 1. The zero-order valence-corrected chi connectivity index (χ0v) is 8.92. The first-order chi connectivity index (χ1) is 6.65. The van der Waals surface area contributed by atoms with Crippen molar-refractivity contribution < 1.29 is 9.84 Å². The average Bonchev–Trinajstić information content (AvgIpc) is 2.18. The van der Waals surface area contributed by atoms with Gasteiger partial charge in [-0.25, -0.2) is 0 Å². The smallest absolute Gasteiger partial charge is 0.0870 e. The molecular weight excluding hydrogens is 176 g/mol. The van der Waals surface area contributed by atoms with Crippen molar-refractivity contribution in [2.45, 2.75) is 44.3 Å². The van der Waals surface area contributed by atoms with Gasteiger partial charge in [-0.1, -0.05) is 12.2 Å². The monoisotopic (exact) mass is 194 g/mol. The molecule has 0 radical (unpaired) electrons. The fourth-order valence-corrected chi connectivity index (χ4v) is 2.52. The Labute approximate surface area is 85.3 Å². The van der Waals surface area contributed by atoms with E-state index >= 15 is 0 Å². The molecule has 2 aliphatic carbocycles. The second-order valence-electron chi connectivity index (χ2n) is 4.42. The second-order valence-corrected chi connectivity index (χ2v) is 4.42. The molecule has 78 valence electrons. The first-order valence-corrected chi connectivity index (χ1v) is 5.30. The number of hydrogen-bond donors (Lipinski definition) is 1. The van der Waals surface area contributed by atoms with Crippen LogP contribution in [-0.2, 0) is 4.74 Å². The molecule has 2 heteroatoms. The van der Waals surface area contributed by atoms with Gasteiger partial charge in [-0.3, -0.25) is 0 Å². The van der Waals surface area contributed by atoms with Crippen LogP contribution in [0.3, 0.4) is 0 Å². The van der Waals surface area contributed by atoms with Crippen LogP contribution in [0, 0.1) is 0 Å². The molecule has 0 amide bonds.